The van der Waals surface area contributed by atoms with Gasteiger partial charge in [-0.05, 0) is 30.5 Å². The summed E-state index contributed by atoms with van der Waals surface area (Å²) in [6.07, 6.45) is 5.31. The number of methoxy groups -OCH3 is 1. The Kier molecular flexibility index (Phi) is 4.08. The third-order valence-electron chi connectivity index (χ3n) is 3.20. The minimum atomic E-state index is 0.679. The second-order valence-electron chi connectivity index (χ2n) is 4.32. The highest BCUT2D eigenvalue weighted by Gasteiger charge is 2.14. The Bertz CT molecular complexity index is 348. The summed E-state index contributed by atoms with van der Waals surface area (Å²) in [5, 5.41) is 4.33. The summed E-state index contributed by atoms with van der Waals surface area (Å²) in [7, 11) is 1.65. The van der Waals surface area contributed by atoms with Gasteiger partial charge in [0, 0.05) is 17.6 Å². The van der Waals surface area contributed by atoms with E-state index in [0.29, 0.717) is 6.04 Å². The molecule has 1 aromatic rings. The lowest BCUT2D eigenvalue weighted by Gasteiger charge is -2.13. The molecule has 1 aliphatic rings. The van der Waals surface area contributed by atoms with Crippen molar-refractivity contribution in [1.29, 1.82) is 0 Å². The molecular formula is C13H18ClNO. The van der Waals surface area contributed by atoms with Gasteiger partial charge < -0.3 is 10.1 Å². The van der Waals surface area contributed by atoms with E-state index in [2.05, 4.69) is 5.32 Å². The van der Waals surface area contributed by atoms with Crippen molar-refractivity contribution < 1.29 is 4.74 Å². The fraction of sp³-hybridized carbons (Fsp3) is 0.538. The van der Waals surface area contributed by atoms with Crippen molar-refractivity contribution in [3.8, 4) is 5.75 Å². The number of hydrogen-bond donors (Lipinski definition) is 1. The van der Waals surface area contributed by atoms with Crippen LogP contribution in [0.3, 0.4) is 0 Å². The number of ether oxygens (including phenoxy) is 1. The summed E-state index contributed by atoms with van der Waals surface area (Å²) in [5.41, 5.74) is 1.15. The molecule has 0 saturated heterocycles. The largest absolute Gasteiger partial charge is 0.497 e. The van der Waals surface area contributed by atoms with Crippen molar-refractivity contribution in [1.82, 2.24) is 5.32 Å². The molecule has 0 aromatic heterocycles. The first-order valence-electron chi connectivity index (χ1n) is 5.85. The van der Waals surface area contributed by atoms with Crippen LogP contribution in [0.25, 0.3) is 0 Å². The first-order chi connectivity index (χ1) is 7.79. The zero-order valence-electron chi connectivity index (χ0n) is 9.63. The van der Waals surface area contributed by atoms with Gasteiger partial charge in [0.2, 0.25) is 0 Å². The molecule has 2 nitrogen and oxygen atoms in total. The monoisotopic (exact) mass is 239 g/mol. The molecule has 0 amide bonds. The fourth-order valence-electron chi connectivity index (χ4n) is 2.18. The molecule has 1 aromatic carbocycles. The van der Waals surface area contributed by atoms with Gasteiger partial charge in [-0.3, -0.25) is 0 Å². The summed E-state index contributed by atoms with van der Waals surface area (Å²) in [6, 6.07) is 6.53. The number of nitrogens with one attached hydrogen (secondary N) is 1. The molecule has 88 valence electrons. The van der Waals surface area contributed by atoms with Gasteiger partial charge in [-0.2, -0.15) is 0 Å². The molecular weight excluding hydrogens is 222 g/mol. The average molecular weight is 240 g/mol. The summed E-state index contributed by atoms with van der Waals surface area (Å²) in [5.74, 6) is 0.814. The summed E-state index contributed by atoms with van der Waals surface area (Å²) in [4.78, 5) is 0. The minimum Gasteiger partial charge on any atom is -0.497 e. The van der Waals surface area contributed by atoms with Gasteiger partial charge in [0.05, 0.1) is 7.11 Å². The van der Waals surface area contributed by atoms with E-state index in [1.165, 1.54) is 25.7 Å². The molecule has 0 unspecified atom stereocenters. The molecule has 0 radical (unpaired) electrons. The molecule has 1 aliphatic carbocycles. The van der Waals surface area contributed by atoms with E-state index in [1.54, 1.807) is 7.11 Å². The van der Waals surface area contributed by atoms with E-state index in [0.717, 1.165) is 22.9 Å². The Hall–Kier alpha value is -0.730. The van der Waals surface area contributed by atoms with Gasteiger partial charge >= 0.3 is 0 Å². The Morgan fingerprint density at radius 3 is 2.75 bits per heavy atom. The van der Waals surface area contributed by atoms with E-state index in [-0.39, 0.29) is 0 Å². The van der Waals surface area contributed by atoms with Crippen LogP contribution in [-0.2, 0) is 6.54 Å². The highest BCUT2D eigenvalue weighted by atomic mass is 35.5. The lowest BCUT2D eigenvalue weighted by molar-refractivity contribution is 0.414. The smallest absolute Gasteiger partial charge is 0.120 e. The summed E-state index contributed by atoms with van der Waals surface area (Å²) in [6.45, 7) is 0.855. The van der Waals surface area contributed by atoms with Crippen molar-refractivity contribution in [2.24, 2.45) is 0 Å². The molecule has 16 heavy (non-hydrogen) atoms. The molecule has 0 atom stereocenters. The molecule has 2 rings (SSSR count). The second kappa shape index (κ2) is 5.55. The average Bonchev–Trinajstić information content (AvgIpc) is 2.80. The van der Waals surface area contributed by atoms with Crippen molar-refractivity contribution in [2.75, 3.05) is 7.11 Å². The predicted molar refractivity (Wildman–Crippen MR) is 67.1 cm³/mol. The lowest BCUT2D eigenvalue weighted by Crippen LogP contribution is -2.25. The Morgan fingerprint density at radius 1 is 1.38 bits per heavy atom. The van der Waals surface area contributed by atoms with Crippen LogP contribution in [0, 0.1) is 0 Å². The van der Waals surface area contributed by atoms with Crippen molar-refractivity contribution >= 4 is 11.6 Å². The summed E-state index contributed by atoms with van der Waals surface area (Å²) < 4.78 is 5.12. The van der Waals surface area contributed by atoms with E-state index in [1.807, 2.05) is 18.2 Å². The highest BCUT2D eigenvalue weighted by Crippen LogP contribution is 2.23. The van der Waals surface area contributed by atoms with Gasteiger partial charge in [-0.1, -0.05) is 30.5 Å². The van der Waals surface area contributed by atoms with Gasteiger partial charge in [0.15, 0.2) is 0 Å². The van der Waals surface area contributed by atoms with Gasteiger partial charge in [0.25, 0.3) is 0 Å². The quantitative estimate of drug-likeness (QED) is 0.870. The third kappa shape index (κ3) is 2.89. The number of halogens is 1. The molecule has 1 fully saturated rings. The lowest BCUT2D eigenvalue weighted by atomic mass is 10.2. The molecule has 0 spiro atoms. The van der Waals surface area contributed by atoms with Crippen LogP contribution >= 0.6 is 11.6 Å². The maximum Gasteiger partial charge on any atom is 0.120 e. The highest BCUT2D eigenvalue weighted by molar-refractivity contribution is 6.31. The molecule has 0 aliphatic heterocycles. The van der Waals surface area contributed by atoms with Gasteiger partial charge in [0.1, 0.15) is 5.75 Å². The first-order valence-corrected chi connectivity index (χ1v) is 6.23. The van der Waals surface area contributed by atoms with Crippen molar-refractivity contribution in [3.63, 3.8) is 0 Å². The predicted octanol–water partition coefficient (Wildman–Crippen LogP) is 3.38. The van der Waals surface area contributed by atoms with Crippen LogP contribution in [0.2, 0.25) is 5.02 Å². The van der Waals surface area contributed by atoms with E-state index < -0.39 is 0 Å². The van der Waals surface area contributed by atoms with Crippen LogP contribution in [0.1, 0.15) is 31.2 Å². The van der Waals surface area contributed by atoms with Crippen molar-refractivity contribution in [2.45, 2.75) is 38.3 Å². The molecule has 3 heteroatoms. The SMILES string of the molecule is COc1ccc(CNC2CCCC2)c(Cl)c1. The van der Waals surface area contributed by atoms with E-state index in [4.69, 9.17) is 16.3 Å². The molecule has 0 bridgehead atoms. The first kappa shape index (κ1) is 11.7. The zero-order valence-corrected chi connectivity index (χ0v) is 10.4. The number of hydrogen-bond acceptors (Lipinski definition) is 2. The van der Waals surface area contributed by atoms with Crippen LogP contribution in [0.15, 0.2) is 18.2 Å². The molecule has 0 heterocycles. The normalized spacial score (nSPS) is 16.6. The van der Waals surface area contributed by atoms with Crippen LogP contribution < -0.4 is 10.1 Å². The second-order valence-corrected chi connectivity index (χ2v) is 4.73. The molecule has 1 N–H and O–H groups in total. The van der Waals surface area contributed by atoms with Crippen LogP contribution in [-0.4, -0.2) is 13.2 Å². The zero-order chi connectivity index (χ0) is 11.4. The van der Waals surface area contributed by atoms with Gasteiger partial charge in [-0.25, -0.2) is 0 Å². The van der Waals surface area contributed by atoms with Crippen LogP contribution in [0.4, 0.5) is 0 Å². The standard InChI is InChI=1S/C13H18ClNO/c1-16-12-7-6-10(13(14)8-12)9-15-11-4-2-3-5-11/h6-8,11,15H,2-5,9H2,1H3. The third-order valence-corrected chi connectivity index (χ3v) is 3.55. The van der Waals surface area contributed by atoms with Gasteiger partial charge in [-0.15, -0.1) is 0 Å². The van der Waals surface area contributed by atoms with E-state index >= 15 is 0 Å². The van der Waals surface area contributed by atoms with Crippen molar-refractivity contribution in [3.05, 3.63) is 28.8 Å². The Morgan fingerprint density at radius 2 is 2.12 bits per heavy atom. The maximum absolute atomic E-state index is 6.17. The minimum absolute atomic E-state index is 0.679. The Balaban J connectivity index is 1.93. The maximum atomic E-state index is 6.17. The van der Waals surface area contributed by atoms with Crippen LogP contribution in [0.5, 0.6) is 5.75 Å². The molecule has 1 saturated carbocycles. The van der Waals surface area contributed by atoms with E-state index in [9.17, 15) is 0 Å². The topological polar surface area (TPSA) is 21.3 Å². The fourth-order valence-corrected chi connectivity index (χ4v) is 2.42. The Labute approximate surface area is 102 Å². The number of benzene rings is 1. The summed E-state index contributed by atoms with van der Waals surface area (Å²) >= 11 is 6.17. The number of rotatable bonds is 4.